The van der Waals surface area contributed by atoms with Crippen LogP contribution in [0.15, 0.2) is 53.3 Å². The Bertz CT molecular complexity index is 990. The van der Waals surface area contributed by atoms with Crippen LogP contribution >= 0.6 is 0 Å². The minimum absolute atomic E-state index is 0.143. The fraction of sp³-hybridized carbons (Fsp3) is 0.364. The number of carbonyl (C=O) groups excluding carboxylic acids is 1. The minimum Gasteiger partial charge on any atom is -0.360 e. The van der Waals surface area contributed by atoms with Gasteiger partial charge in [0.25, 0.3) is 0 Å². The summed E-state index contributed by atoms with van der Waals surface area (Å²) >= 11 is 0. The summed E-state index contributed by atoms with van der Waals surface area (Å²) < 4.78 is 5.07. The number of piperidine rings is 1. The quantitative estimate of drug-likeness (QED) is 0.649. The van der Waals surface area contributed by atoms with Gasteiger partial charge in [-0.1, -0.05) is 35.5 Å². The fourth-order valence-corrected chi connectivity index (χ4v) is 3.76. The zero-order valence-electron chi connectivity index (χ0n) is 17.2. The first-order valence-electron chi connectivity index (χ1n) is 10.2. The van der Waals surface area contributed by atoms with E-state index in [1.165, 1.54) is 0 Å². The predicted molar refractivity (Wildman–Crippen MR) is 114 cm³/mol. The number of anilines is 2. The molecule has 1 aromatic carbocycles. The molecule has 0 spiro atoms. The number of benzene rings is 1. The molecule has 1 fully saturated rings. The number of amides is 1. The van der Waals surface area contributed by atoms with Crippen LogP contribution in [0.3, 0.4) is 0 Å². The van der Waals surface area contributed by atoms with Crippen molar-refractivity contribution in [2.45, 2.75) is 38.8 Å². The Labute approximate surface area is 175 Å². The average molecular weight is 406 g/mol. The molecule has 2 aromatic heterocycles. The van der Waals surface area contributed by atoms with Crippen molar-refractivity contribution in [2.75, 3.05) is 23.3 Å². The molecule has 4 rings (SSSR count). The standard InChI is InChI=1S/C22H26N6O2/c1-15-11-20(24-14-23-15)28-10-6-9-18(13-28)25-21(17-7-4-3-5-8-17)22(29)26-19-12-16(2)30-27-19/h3-5,7-8,11-12,14,18,21,25H,6,9-10,13H2,1-2H3,(H,26,27,29). The van der Waals surface area contributed by atoms with Crippen LogP contribution in [0.4, 0.5) is 11.6 Å². The number of nitrogens with zero attached hydrogens (tertiary/aromatic N) is 4. The summed E-state index contributed by atoms with van der Waals surface area (Å²) in [6.45, 7) is 5.47. The van der Waals surface area contributed by atoms with Gasteiger partial charge in [-0.2, -0.15) is 0 Å². The molecule has 156 valence electrons. The largest absolute Gasteiger partial charge is 0.360 e. The average Bonchev–Trinajstić information content (AvgIpc) is 3.17. The molecule has 1 amide bonds. The van der Waals surface area contributed by atoms with Crippen LogP contribution in [-0.2, 0) is 4.79 Å². The Kier molecular flexibility index (Phi) is 6.04. The van der Waals surface area contributed by atoms with Crippen LogP contribution in [0.5, 0.6) is 0 Å². The lowest BCUT2D eigenvalue weighted by atomic mass is 10.0. The number of nitrogens with one attached hydrogen (secondary N) is 2. The van der Waals surface area contributed by atoms with E-state index in [9.17, 15) is 4.79 Å². The van der Waals surface area contributed by atoms with E-state index in [1.54, 1.807) is 19.3 Å². The van der Waals surface area contributed by atoms with Gasteiger partial charge in [0, 0.05) is 37.0 Å². The van der Waals surface area contributed by atoms with Gasteiger partial charge in [-0.05, 0) is 32.3 Å². The third-order valence-electron chi connectivity index (χ3n) is 5.21. The maximum absolute atomic E-state index is 13.1. The molecular formula is C22H26N6O2. The van der Waals surface area contributed by atoms with E-state index in [0.717, 1.165) is 43.0 Å². The van der Waals surface area contributed by atoms with Crippen LogP contribution in [0, 0.1) is 13.8 Å². The first-order valence-corrected chi connectivity index (χ1v) is 10.2. The Balaban J connectivity index is 1.50. The van der Waals surface area contributed by atoms with Gasteiger partial charge in [0.2, 0.25) is 5.91 Å². The van der Waals surface area contributed by atoms with Gasteiger partial charge in [0.15, 0.2) is 5.82 Å². The molecule has 8 heteroatoms. The zero-order valence-corrected chi connectivity index (χ0v) is 17.2. The summed E-state index contributed by atoms with van der Waals surface area (Å²) in [6.07, 6.45) is 3.61. The Morgan fingerprint density at radius 1 is 1.20 bits per heavy atom. The first-order chi connectivity index (χ1) is 14.6. The summed E-state index contributed by atoms with van der Waals surface area (Å²) in [4.78, 5) is 24.0. The smallest absolute Gasteiger partial charge is 0.247 e. The van der Waals surface area contributed by atoms with Crippen molar-refractivity contribution >= 4 is 17.5 Å². The molecule has 3 aromatic rings. The van der Waals surface area contributed by atoms with Crippen LogP contribution in [0.2, 0.25) is 0 Å². The molecule has 2 N–H and O–H groups in total. The van der Waals surface area contributed by atoms with Crippen molar-refractivity contribution in [3.05, 3.63) is 65.8 Å². The summed E-state index contributed by atoms with van der Waals surface area (Å²) in [7, 11) is 0. The van der Waals surface area contributed by atoms with Crippen molar-refractivity contribution in [1.82, 2.24) is 20.4 Å². The molecule has 1 aliphatic rings. The maximum Gasteiger partial charge on any atom is 0.247 e. The second-order valence-electron chi connectivity index (χ2n) is 7.63. The Morgan fingerprint density at radius 2 is 2.03 bits per heavy atom. The number of hydrogen-bond acceptors (Lipinski definition) is 7. The van der Waals surface area contributed by atoms with Crippen LogP contribution in [0.25, 0.3) is 0 Å². The highest BCUT2D eigenvalue weighted by atomic mass is 16.5. The van der Waals surface area contributed by atoms with Gasteiger partial charge in [-0.15, -0.1) is 0 Å². The van der Waals surface area contributed by atoms with E-state index in [-0.39, 0.29) is 11.9 Å². The number of aromatic nitrogens is 3. The third kappa shape index (κ3) is 4.83. The number of aryl methyl sites for hydroxylation is 2. The number of rotatable bonds is 6. The van der Waals surface area contributed by atoms with E-state index >= 15 is 0 Å². The van der Waals surface area contributed by atoms with Gasteiger partial charge in [0.1, 0.15) is 23.9 Å². The molecule has 1 aliphatic heterocycles. The molecule has 30 heavy (non-hydrogen) atoms. The molecule has 0 aliphatic carbocycles. The predicted octanol–water partition coefficient (Wildman–Crippen LogP) is 3.02. The zero-order chi connectivity index (χ0) is 20.9. The van der Waals surface area contributed by atoms with Crippen LogP contribution in [0.1, 0.15) is 35.9 Å². The highest BCUT2D eigenvalue weighted by Gasteiger charge is 2.28. The highest BCUT2D eigenvalue weighted by Crippen LogP contribution is 2.22. The summed E-state index contributed by atoms with van der Waals surface area (Å²) in [5.41, 5.74) is 1.85. The SMILES string of the molecule is Cc1cc(N2CCCC(NC(C(=O)Nc3cc(C)on3)c3ccccc3)C2)ncn1. The second-order valence-corrected chi connectivity index (χ2v) is 7.63. The van der Waals surface area contributed by atoms with Gasteiger partial charge >= 0.3 is 0 Å². The first kappa shape index (κ1) is 20.0. The number of hydrogen-bond donors (Lipinski definition) is 2. The van der Waals surface area contributed by atoms with E-state index in [2.05, 4.69) is 30.7 Å². The van der Waals surface area contributed by atoms with E-state index in [1.807, 2.05) is 43.3 Å². The Morgan fingerprint density at radius 3 is 2.77 bits per heavy atom. The molecule has 0 saturated carbocycles. The van der Waals surface area contributed by atoms with Crippen molar-refractivity contribution in [3.63, 3.8) is 0 Å². The third-order valence-corrected chi connectivity index (χ3v) is 5.21. The van der Waals surface area contributed by atoms with Crippen molar-refractivity contribution in [1.29, 1.82) is 0 Å². The summed E-state index contributed by atoms with van der Waals surface area (Å²) in [5.74, 6) is 1.83. The molecule has 2 atom stereocenters. The van der Waals surface area contributed by atoms with E-state index in [0.29, 0.717) is 11.6 Å². The highest BCUT2D eigenvalue weighted by molar-refractivity contribution is 5.94. The lowest BCUT2D eigenvalue weighted by Gasteiger charge is -2.36. The van der Waals surface area contributed by atoms with Crippen molar-refractivity contribution in [2.24, 2.45) is 0 Å². The summed E-state index contributed by atoms with van der Waals surface area (Å²) in [6, 6.07) is 13.1. The van der Waals surface area contributed by atoms with E-state index in [4.69, 9.17) is 4.52 Å². The fourth-order valence-electron chi connectivity index (χ4n) is 3.76. The maximum atomic E-state index is 13.1. The lowest BCUT2D eigenvalue weighted by molar-refractivity contribution is -0.118. The monoisotopic (exact) mass is 406 g/mol. The van der Waals surface area contributed by atoms with Crippen LogP contribution in [-0.4, -0.2) is 40.2 Å². The molecular weight excluding hydrogens is 380 g/mol. The van der Waals surface area contributed by atoms with Gasteiger partial charge in [0.05, 0.1) is 0 Å². The van der Waals surface area contributed by atoms with Gasteiger partial charge in [-0.3, -0.25) is 10.1 Å². The van der Waals surface area contributed by atoms with Crippen molar-refractivity contribution < 1.29 is 9.32 Å². The van der Waals surface area contributed by atoms with Gasteiger partial charge in [-0.25, -0.2) is 9.97 Å². The molecule has 0 bridgehead atoms. The molecule has 1 saturated heterocycles. The minimum atomic E-state index is -0.500. The normalized spacial score (nSPS) is 17.5. The number of carbonyl (C=O) groups is 1. The van der Waals surface area contributed by atoms with Gasteiger partial charge < -0.3 is 14.7 Å². The van der Waals surface area contributed by atoms with E-state index < -0.39 is 6.04 Å². The molecule has 8 nitrogen and oxygen atoms in total. The molecule has 3 heterocycles. The van der Waals surface area contributed by atoms with Crippen molar-refractivity contribution in [3.8, 4) is 0 Å². The van der Waals surface area contributed by atoms with Crippen LogP contribution < -0.4 is 15.5 Å². The lowest BCUT2D eigenvalue weighted by Crippen LogP contribution is -2.49. The topological polar surface area (TPSA) is 96.2 Å². The summed E-state index contributed by atoms with van der Waals surface area (Å²) in [5, 5.41) is 10.3. The molecule has 2 unspecified atom stereocenters. The molecule has 0 radical (unpaired) electrons. The Hall–Kier alpha value is -3.26. The second kappa shape index (κ2) is 9.04.